The van der Waals surface area contributed by atoms with Crippen LogP contribution in [0.2, 0.25) is 5.02 Å². The first-order valence-electron chi connectivity index (χ1n) is 6.75. The van der Waals surface area contributed by atoms with Crippen molar-refractivity contribution in [2.75, 3.05) is 11.9 Å². The lowest BCUT2D eigenvalue weighted by atomic mass is 10.2. The summed E-state index contributed by atoms with van der Waals surface area (Å²) in [6.45, 7) is 2.74. The van der Waals surface area contributed by atoms with E-state index in [1.54, 1.807) is 0 Å². The molecule has 0 bridgehead atoms. The minimum Gasteiger partial charge on any atom is -0.389 e. The van der Waals surface area contributed by atoms with Gasteiger partial charge in [0.05, 0.1) is 23.0 Å². The van der Waals surface area contributed by atoms with Gasteiger partial charge in [0, 0.05) is 25.3 Å². The quantitative estimate of drug-likeness (QED) is 0.860. The van der Waals surface area contributed by atoms with E-state index >= 15 is 0 Å². The van der Waals surface area contributed by atoms with Crippen molar-refractivity contribution in [2.24, 2.45) is 12.8 Å². The molecule has 112 valence electrons. The number of nitrogens with zero attached hydrogens (tertiary/aromatic N) is 3. The molecule has 0 radical (unpaired) electrons. The van der Waals surface area contributed by atoms with Crippen molar-refractivity contribution in [1.29, 1.82) is 0 Å². The number of anilines is 1. The molecule has 1 aromatic heterocycles. The van der Waals surface area contributed by atoms with Crippen LogP contribution in [-0.2, 0) is 20.0 Å². The number of aromatic nitrogens is 2. The molecule has 6 heteroatoms. The normalized spacial score (nSPS) is 10.7. The highest BCUT2D eigenvalue weighted by Crippen LogP contribution is 2.24. The van der Waals surface area contributed by atoms with E-state index in [0.29, 0.717) is 11.5 Å². The standard InChI is InChI=1S/C15H19ClN4S/c1-4-12-14(16)13(20(3)18-12)9-19(2)11-7-5-10(6-8-11)15(17)21/h5-8H,4,9H2,1-3H3,(H2,17,21). The van der Waals surface area contributed by atoms with Gasteiger partial charge >= 0.3 is 0 Å². The van der Waals surface area contributed by atoms with E-state index in [9.17, 15) is 0 Å². The minimum absolute atomic E-state index is 0.409. The lowest BCUT2D eigenvalue weighted by Gasteiger charge is -2.20. The van der Waals surface area contributed by atoms with Crippen molar-refractivity contribution < 1.29 is 0 Å². The Kier molecular flexibility index (Phi) is 4.85. The topological polar surface area (TPSA) is 47.1 Å². The molecule has 0 fully saturated rings. The summed E-state index contributed by atoms with van der Waals surface area (Å²) in [7, 11) is 3.94. The molecule has 0 aliphatic rings. The van der Waals surface area contributed by atoms with E-state index in [1.807, 2.05) is 43.0 Å². The summed E-state index contributed by atoms with van der Waals surface area (Å²) in [4.78, 5) is 2.53. The van der Waals surface area contributed by atoms with E-state index in [0.717, 1.165) is 34.1 Å². The largest absolute Gasteiger partial charge is 0.389 e. The van der Waals surface area contributed by atoms with Crippen LogP contribution < -0.4 is 10.6 Å². The summed E-state index contributed by atoms with van der Waals surface area (Å²) in [5.74, 6) is 0. The van der Waals surface area contributed by atoms with Crippen LogP contribution in [0.4, 0.5) is 5.69 Å². The first kappa shape index (κ1) is 15.8. The lowest BCUT2D eigenvalue weighted by Crippen LogP contribution is -2.19. The van der Waals surface area contributed by atoms with Crippen LogP contribution in [0.1, 0.15) is 23.9 Å². The molecule has 0 amide bonds. The molecule has 21 heavy (non-hydrogen) atoms. The molecule has 0 aliphatic heterocycles. The summed E-state index contributed by atoms with van der Waals surface area (Å²) in [5, 5.41) is 5.19. The lowest BCUT2D eigenvalue weighted by molar-refractivity contribution is 0.689. The minimum atomic E-state index is 0.409. The maximum absolute atomic E-state index is 6.38. The van der Waals surface area contributed by atoms with Gasteiger partial charge in [-0.25, -0.2) is 0 Å². The fraction of sp³-hybridized carbons (Fsp3) is 0.333. The zero-order valence-corrected chi connectivity index (χ0v) is 14.0. The first-order valence-corrected chi connectivity index (χ1v) is 7.54. The number of benzene rings is 1. The zero-order valence-electron chi connectivity index (χ0n) is 12.4. The Hall–Kier alpha value is -1.59. The van der Waals surface area contributed by atoms with E-state index in [4.69, 9.17) is 29.6 Å². The van der Waals surface area contributed by atoms with Crippen molar-refractivity contribution in [3.05, 3.63) is 46.2 Å². The molecular weight excluding hydrogens is 304 g/mol. The summed E-state index contributed by atoms with van der Waals surface area (Å²) >= 11 is 11.3. The van der Waals surface area contributed by atoms with E-state index in [1.165, 1.54) is 0 Å². The van der Waals surface area contributed by atoms with Crippen LogP contribution in [0.15, 0.2) is 24.3 Å². The number of nitrogens with two attached hydrogens (primary N) is 1. The number of halogens is 1. The van der Waals surface area contributed by atoms with E-state index < -0.39 is 0 Å². The smallest absolute Gasteiger partial charge is 0.103 e. The predicted octanol–water partition coefficient (Wildman–Crippen LogP) is 2.91. The van der Waals surface area contributed by atoms with Gasteiger partial charge in [-0.05, 0) is 30.7 Å². The summed E-state index contributed by atoms with van der Waals surface area (Å²) in [6.07, 6.45) is 0.832. The molecule has 0 saturated carbocycles. The Bertz CT molecular complexity index is 648. The van der Waals surface area contributed by atoms with Crippen LogP contribution in [0.5, 0.6) is 0 Å². The van der Waals surface area contributed by atoms with Crippen molar-refractivity contribution in [1.82, 2.24) is 9.78 Å². The molecule has 4 nitrogen and oxygen atoms in total. The second-order valence-electron chi connectivity index (χ2n) is 4.95. The molecule has 0 aliphatic carbocycles. The average molecular weight is 323 g/mol. The van der Waals surface area contributed by atoms with Gasteiger partial charge in [-0.2, -0.15) is 5.10 Å². The van der Waals surface area contributed by atoms with Crippen LogP contribution in [0.3, 0.4) is 0 Å². The fourth-order valence-corrected chi connectivity index (χ4v) is 2.68. The molecule has 1 aromatic carbocycles. The van der Waals surface area contributed by atoms with Crippen molar-refractivity contribution in [2.45, 2.75) is 19.9 Å². The predicted molar refractivity (Wildman–Crippen MR) is 92.0 cm³/mol. The number of hydrogen-bond donors (Lipinski definition) is 1. The molecule has 0 atom stereocenters. The van der Waals surface area contributed by atoms with Crippen LogP contribution in [-0.4, -0.2) is 21.8 Å². The number of aryl methyl sites for hydroxylation is 2. The molecule has 2 rings (SSSR count). The van der Waals surface area contributed by atoms with Gasteiger partial charge in [-0.15, -0.1) is 0 Å². The highest BCUT2D eigenvalue weighted by atomic mass is 35.5. The highest BCUT2D eigenvalue weighted by Gasteiger charge is 2.15. The molecule has 0 unspecified atom stereocenters. The third-order valence-electron chi connectivity index (χ3n) is 3.48. The van der Waals surface area contributed by atoms with Crippen LogP contribution in [0, 0.1) is 0 Å². The van der Waals surface area contributed by atoms with Gasteiger partial charge in [0.25, 0.3) is 0 Å². The van der Waals surface area contributed by atoms with Gasteiger partial charge in [0.2, 0.25) is 0 Å². The Morgan fingerprint density at radius 3 is 2.48 bits per heavy atom. The first-order chi connectivity index (χ1) is 9.93. The maximum atomic E-state index is 6.38. The number of thiocarbonyl (C=S) groups is 1. The zero-order chi connectivity index (χ0) is 15.6. The van der Waals surface area contributed by atoms with Crippen molar-refractivity contribution in [3.63, 3.8) is 0 Å². The van der Waals surface area contributed by atoms with Crippen molar-refractivity contribution in [3.8, 4) is 0 Å². The monoisotopic (exact) mass is 322 g/mol. The van der Waals surface area contributed by atoms with Gasteiger partial charge in [-0.1, -0.05) is 30.7 Å². The maximum Gasteiger partial charge on any atom is 0.103 e. The van der Waals surface area contributed by atoms with E-state index in [2.05, 4.69) is 16.9 Å². The van der Waals surface area contributed by atoms with Gasteiger partial charge in [0.1, 0.15) is 4.99 Å². The Morgan fingerprint density at radius 2 is 2.00 bits per heavy atom. The molecule has 0 spiro atoms. The number of rotatable bonds is 5. The molecular formula is C15H19ClN4S. The summed E-state index contributed by atoms with van der Waals surface area (Å²) < 4.78 is 1.85. The SMILES string of the molecule is CCc1nn(C)c(CN(C)c2ccc(C(N)=S)cc2)c1Cl. The molecule has 2 aromatic rings. The fourth-order valence-electron chi connectivity index (χ4n) is 2.19. The van der Waals surface area contributed by atoms with Gasteiger partial charge < -0.3 is 10.6 Å². The summed E-state index contributed by atoms with van der Waals surface area (Å²) in [6, 6.07) is 7.85. The van der Waals surface area contributed by atoms with Gasteiger partial charge in [-0.3, -0.25) is 4.68 Å². The highest BCUT2D eigenvalue weighted by molar-refractivity contribution is 7.80. The Balaban J connectivity index is 2.19. The second-order valence-corrected chi connectivity index (χ2v) is 5.77. The van der Waals surface area contributed by atoms with Crippen LogP contribution in [0.25, 0.3) is 0 Å². The van der Waals surface area contributed by atoms with Gasteiger partial charge in [0.15, 0.2) is 0 Å². The second kappa shape index (κ2) is 6.45. The van der Waals surface area contributed by atoms with E-state index in [-0.39, 0.29) is 0 Å². The van der Waals surface area contributed by atoms with Crippen molar-refractivity contribution >= 4 is 34.5 Å². The molecule has 0 saturated heterocycles. The Labute approximate surface area is 135 Å². The van der Waals surface area contributed by atoms with Crippen LogP contribution >= 0.6 is 23.8 Å². The average Bonchev–Trinajstić information content (AvgIpc) is 2.74. The Morgan fingerprint density at radius 1 is 1.38 bits per heavy atom. The number of hydrogen-bond acceptors (Lipinski definition) is 3. The molecule has 1 heterocycles. The summed E-state index contributed by atoms with van der Waals surface area (Å²) in [5.41, 5.74) is 9.50. The third-order valence-corrected chi connectivity index (χ3v) is 4.15. The molecule has 2 N–H and O–H groups in total. The third kappa shape index (κ3) is 3.36.